The molecule has 0 spiro atoms. The zero-order valence-corrected chi connectivity index (χ0v) is 18.5. The number of aromatic amines is 1. The van der Waals surface area contributed by atoms with Gasteiger partial charge in [0.25, 0.3) is 0 Å². The highest BCUT2D eigenvalue weighted by Gasteiger charge is 2.15. The van der Waals surface area contributed by atoms with E-state index in [4.69, 9.17) is 4.74 Å². The van der Waals surface area contributed by atoms with Crippen LogP contribution in [0.4, 0.5) is 0 Å². The predicted molar refractivity (Wildman–Crippen MR) is 122 cm³/mol. The van der Waals surface area contributed by atoms with Crippen LogP contribution in [-0.4, -0.2) is 35.5 Å². The van der Waals surface area contributed by atoms with Gasteiger partial charge in [-0.2, -0.15) is 0 Å². The average Bonchev–Trinajstić information content (AvgIpc) is 3.09. The number of amides is 1. The Hall–Kier alpha value is -3.15. The minimum absolute atomic E-state index is 0.0973. The molecule has 0 radical (unpaired) electrons. The first-order chi connectivity index (χ1) is 15.0. The number of pyridine rings is 1. The van der Waals surface area contributed by atoms with Gasteiger partial charge >= 0.3 is 5.97 Å². The lowest BCUT2D eigenvalue weighted by Crippen LogP contribution is -2.26. The molecule has 1 aromatic carbocycles. The van der Waals surface area contributed by atoms with Crippen molar-refractivity contribution in [2.75, 3.05) is 13.7 Å². The third-order valence-electron chi connectivity index (χ3n) is 5.30. The molecule has 3 aromatic rings. The van der Waals surface area contributed by atoms with Crippen molar-refractivity contribution in [3.8, 4) is 0 Å². The summed E-state index contributed by atoms with van der Waals surface area (Å²) >= 11 is 0. The molecule has 0 fully saturated rings. The average molecular weight is 422 g/mol. The third-order valence-corrected chi connectivity index (χ3v) is 5.30. The van der Waals surface area contributed by atoms with Crippen molar-refractivity contribution in [1.29, 1.82) is 0 Å². The summed E-state index contributed by atoms with van der Waals surface area (Å²) in [5.74, 6) is 0.235. The van der Waals surface area contributed by atoms with Crippen LogP contribution in [0.2, 0.25) is 0 Å². The number of carbonyl (C=O) groups is 2. The Morgan fingerprint density at radius 1 is 1.16 bits per heavy atom. The maximum atomic E-state index is 11.9. The Balaban J connectivity index is 1.81. The van der Waals surface area contributed by atoms with Crippen LogP contribution >= 0.6 is 0 Å². The summed E-state index contributed by atoms with van der Waals surface area (Å²) in [5.41, 5.74) is 5.56. The summed E-state index contributed by atoms with van der Waals surface area (Å²) in [5, 5.41) is 4.15. The number of benzene rings is 1. The van der Waals surface area contributed by atoms with Gasteiger partial charge in [-0.3, -0.25) is 14.6 Å². The Labute approximate surface area is 183 Å². The summed E-state index contributed by atoms with van der Waals surface area (Å²) in [7, 11) is 1.41. The van der Waals surface area contributed by atoms with Crippen molar-refractivity contribution in [3.05, 3.63) is 65.1 Å². The fourth-order valence-corrected chi connectivity index (χ4v) is 3.75. The molecule has 1 amide bonds. The molecule has 6 nitrogen and oxygen atoms in total. The fraction of sp³-hybridized carbons (Fsp3) is 0.400. The predicted octanol–water partition coefficient (Wildman–Crippen LogP) is 3.96. The van der Waals surface area contributed by atoms with Gasteiger partial charge in [0.2, 0.25) is 5.91 Å². The van der Waals surface area contributed by atoms with E-state index in [1.165, 1.54) is 18.2 Å². The van der Waals surface area contributed by atoms with Gasteiger partial charge in [0.05, 0.1) is 13.5 Å². The number of nitrogens with one attached hydrogen (secondary N) is 2. The summed E-state index contributed by atoms with van der Waals surface area (Å²) < 4.78 is 4.81. The van der Waals surface area contributed by atoms with Crippen molar-refractivity contribution in [3.63, 3.8) is 0 Å². The number of rotatable bonds is 10. The zero-order valence-electron chi connectivity index (χ0n) is 18.5. The molecule has 2 N–H and O–H groups in total. The molecule has 0 saturated carbocycles. The van der Waals surface area contributed by atoms with Crippen molar-refractivity contribution < 1.29 is 14.3 Å². The Morgan fingerprint density at radius 3 is 2.71 bits per heavy atom. The van der Waals surface area contributed by atoms with Crippen molar-refractivity contribution in [2.24, 2.45) is 5.92 Å². The van der Waals surface area contributed by atoms with Crippen molar-refractivity contribution >= 4 is 22.8 Å². The van der Waals surface area contributed by atoms with Crippen LogP contribution in [0, 0.1) is 5.92 Å². The first kappa shape index (κ1) is 22.5. The van der Waals surface area contributed by atoms with Crippen LogP contribution < -0.4 is 5.32 Å². The molecule has 0 atom stereocenters. The molecule has 6 heteroatoms. The first-order valence-electron chi connectivity index (χ1n) is 10.8. The van der Waals surface area contributed by atoms with E-state index >= 15 is 0 Å². The van der Waals surface area contributed by atoms with E-state index < -0.39 is 0 Å². The minimum atomic E-state index is -0.219. The third kappa shape index (κ3) is 6.41. The number of carbonyl (C=O) groups excluding carboxylic acids is 2. The molecule has 0 unspecified atom stereocenters. The lowest BCUT2D eigenvalue weighted by Gasteiger charge is -2.08. The number of fused-ring (bicyclic) bond motifs is 1. The first-order valence-corrected chi connectivity index (χ1v) is 10.8. The molecular weight excluding hydrogens is 390 g/mol. The highest BCUT2D eigenvalue weighted by molar-refractivity contribution is 5.86. The largest absolute Gasteiger partial charge is 0.469 e. The highest BCUT2D eigenvalue weighted by atomic mass is 16.5. The summed E-state index contributed by atoms with van der Waals surface area (Å²) in [4.78, 5) is 31.3. The van der Waals surface area contributed by atoms with Gasteiger partial charge in [-0.1, -0.05) is 26.0 Å². The molecule has 3 rings (SSSR count). The van der Waals surface area contributed by atoms with Gasteiger partial charge in [-0.15, -0.1) is 0 Å². The quantitative estimate of drug-likeness (QED) is 0.485. The number of aryl methyl sites for hydroxylation is 1. The number of H-pyrrole nitrogens is 1. The molecule has 0 aliphatic rings. The number of hydrogen-bond donors (Lipinski definition) is 2. The zero-order chi connectivity index (χ0) is 22.2. The molecule has 0 aliphatic heterocycles. The molecule has 2 heterocycles. The molecule has 0 bridgehead atoms. The molecule has 2 aromatic heterocycles. The van der Waals surface area contributed by atoms with E-state index in [-0.39, 0.29) is 11.9 Å². The monoisotopic (exact) mass is 421 g/mol. The minimum Gasteiger partial charge on any atom is -0.469 e. The second-order valence-electron chi connectivity index (χ2n) is 8.27. The number of nitrogens with zero attached hydrogens (tertiary/aromatic N) is 1. The normalized spacial score (nSPS) is 11.1. The number of esters is 1. The summed E-state index contributed by atoms with van der Waals surface area (Å²) in [6, 6.07) is 10.3. The van der Waals surface area contributed by atoms with E-state index in [2.05, 4.69) is 39.6 Å². The van der Waals surface area contributed by atoms with E-state index in [9.17, 15) is 9.59 Å². The number of aromatic nitrogens is 2. The summed E-state index contributed by atoms with van der Waals surface area (Å²) in [6.07, 6.45) is 6.62. The number of hydrogen-bond acceptors (Lipinski definition) is 4. The molecule has 0 aliphatic carbocycles. The van der Waals surface area contributed by atoms with Gasteiger partial charge in [0.1, 0.15) is 0 Å². The van der Waals surface area contributed by atoms with Gasteiger partial charge in [0.15, 0.2) is 0 Å². The second kappa shape index (κ2) is 10.8. The maximum Gasteiger partial charge on any atom is 0.305 e. The maximum absolute atomic E-state index is 11.9. The van der Waals surface area contributed by atoms with Gasteiger partial charge in [-0.05, 0) is 53.6 Å². The Bertz CT molecular complexity index is 1030. The van der Waals surface area contributed by atoms with Crippen LogP contribution in [0.3, 0.4) is 0 Å². The molecule has 0 saturated heterocycles. The number of ether oxygens (including phenoxy) is 1. The highest BCUT2D eigenvalue weighted by Crippen LogP contribution is 2.27. The Kier molecular flexibility index (Phi) is 7.82. The fourth-order valence-electron chi connectivity index (χ4n) is 3.75. The van der Waals surface area contributed by atoms with E-state index in [1.807, 2.05) is 26.1 Å². The molecule has 164 valence electrons. The Morgan fingerprint density at radius 2 is 2.00 bits per heavy atom. The van der Waals surface area contributed by atoms with E-state index in [1.54, 1.807) is 6.20 Å². The van der Waals surface area contributed by atoms with Crippen LogP contribution in [0.5, 0.6) is 0 Å². The van der Waals surface area contributed by atoms with E-state index in [0.29, 0.717) is 31.7 Å². The van der Waals surface area contributed by atoms with Crippen molar-refractivity contribution in [2.45, 2.75) is 46.0 Å². The van der Waals surface area contributed by atoms with Crippen LogP contribution in [0.25, 0.3) is 10.9 Å². The lowest BCUT2D eigenvalue weighted by atomic mass is 9.99. The second-order valence-corrected chi connectivity index (χ2v) is 8.27. The smallest absolute Gasteiger partial charge is 0.305 e. The molecule has 31 heavy (non-hydrogen) atoms. The van der Waals surface area contributed by atoms with Gasteiger partial charge in [0, 0.05) is 48.4 Å². The van der Waals surface area contributed by atoms with Crippen LogP contribution in [0.1, 0.15) is 49.1 Å². The van der Waals surface area contributed by atoms with E-state index in [0.717, 1.165) is 35.0 Å². The SMILES string of the molecule is COC(=O)CCc1[nH]c2ccc(CCNC(=O)CC(C)C)cc2c1Cc1cccnc1. The van der Waals surface area contributed by atoms with Crippen LogP contribution in [0.15, 0.2) is 42.7 Å². The van der Waals surface area contributed by atoms with Gasteiger partial charge in [-0.25, -0.2) is 0 Å². The standard InChI is InChI=1S/C25H31N3O3/c1-17(2)13-24(29)27-12-10-18-6-7-22-20(14-18)21(15-19-5-4-11-26-16-19)23(28-22)8-9-25(30)31-3/h4-7,11,14,16-17,28H,8-10,12-13,15H2,1-3H3,(H,27,29). The number of methoxy groups -OCH3 is 1. The molecular formula is C25H31N3O3. The topological polar surface area (TPSA) is 84.1 Å². The van der Waals surface area contributed by atoms with Crippen LogP contribution in [-0.2, 0) is 33.6 Å². The van der Waals surface area contributed by atoms with Crippen molar-refractivity contribution in [1.82, 2.24) is 15.3 Å². The lowest BCUT2D eigenvalue weighted by molar-refractivity contribution is -0.140. The summed E-state index contributed by atoms with van der Waals surface area (Å²) in [6.45, 7) is 4.70. The van der Waals surface area contributed by atoms with Gasteiger partial charge < -0.3 is 15.0 Å².